The number of esters is 1. The molecule has 3 fully saturated rings. The van der Waals surface area contributed by atoms with Gasteiger partial charge < -0.3 is 4.74 Å². The number of Topliss-reactive ketones (excluding diaryl/α,β-unsaturated/α-hetero) is 1. The zero-order chi connectivity index (χ0) is 32.9. The first-order chi connectivity index (χ1) is 22.5. The van der Waals surface area contributed by atoms with Crippen molar-refractivity contribution in [3.8, 4) is 11.3 Å². The van der Waals surface area contributed by atoms with Crippen molar-refractivity contribution < 1.29 is 23.9 Å². The summed E-state index contributed by atoms with van der Waals surface area (Å²) in [6.45, 7) is 1.26. The summed E-state index contributed by atoms with van der Waals surface area (Å²) in [4.78, 5) is 59.8. The molecule has 4 aliphatic carbocycles. The Kier molecular flexibility index (Phi) is 7.37. The third-order valence-electron chi connectivity index (χ3n) is 10.1. The van der Waals surface area contributed by atoms with Crippen LogP contribution < -0.4 is 4.90 Å². The summed E-state index contributed by atoms with van der Waals surface area (Å²) in [5.74, 6) is -0.715. The number of hydrogen-bond acceptors (Lipinski definition) is 6. The standard InChI is InChI=1S/C36H24BrCl3N2O5/c1-15-32(40)26(37)12-24-25(36(46)47-14-29(43)21-7-4-17(38)10-27(21)39)13-28(41-33(15)24)16-2-5-18(6-3-16)42-34(44)30-19-8-9-20(23-11-22(19)23)31(30)35(42)45/h2-10,12-13,19-20,22-23,30-31H,11,14H2,1H3. The molecule has 5 aliphatic rings. The second-order valence-corrected chi connectivity index (χ2v) is 14.7. The van der Waals surface area contributed by atoms with E-state index in [1.165, 1.54) is 23.1 Å². The number of carbonyl (C=O) groups excluding carboxylic acids is 4. The van der Waals surface area contributed by atoms with Crippen molar-refractivity contribution in [1.82, 2.24) is 4.98 Å². The lowest BCUT2D eigenvalue weighted by atomic mass is 9.63. The molecule has 236 valence electrons. The van der Waals surface area contributed by atoms with Gasteiger partial charge in [0.05, 0.1) is 44.3 Å². The summed E-state index contributed by atoms with van der Waals surface area (Å²) in [6, 6.07) is 14.8. The van der Waals surface area contributed by atoms with Crippen molar-refractivity contribution in [3.63, 3.8) is 0 Å². The first-order valence-electron chi connectivity index (χ1n) is 15.1. The van der Waals surface area contributed by atoms with Crippen LogP contribution in [0.15, 0.2) is 71.2 Å². The summed E-state index contributed by atoms with van der Waals surface area (Å²) in [7, 11) is 0. The van der Waals surface area contributed by atoms with Gasteiger partial charge in [0.25, 0.3) is 0 Å². The minimum atomic E-state index is -0.737. The van der Waals surface area contributed by atoms with Crippen molar-refractivity contribution in [1.29, 1.82) is 0 Å². The SMILES string of the molecule is Cc1c(Cl)c(Br)cc2c(C(=O)OCC(=O)c3ccc(Cl)cc3Cl)cc(-c3ccc(N4C(=O)C5C6C=CC(C7CC67)C5C4=O)cc3)nc12. The largest absolute Gasteiger partial charge is 0.454 e. The third kappa shape index (κ3) is 4.87. The maximum atomic E-state index is 13.6. The Hall–Kier alpha value is -3.56. The number of amides is 2. The summed E-state index contributed by atoms with van der Waals surface area (Å²) >= 11 is 22.1. The second kappa shape index (κ2) is 11.3. The van der Waals surface area contributed by atoms with Gasteiger partial charge in [-0.25, -0.2) is 9.78 Å². The number of allylic oxidation sites excluding steroid dienone is 2. The minimum Gasteiger partial charge on any atom is -0.454 e. The predicted octanol–water partition coefficient (Wildman–Crippen LogP) is 8.53. The second-order valence-electron chi connectivity index (χ2n) is 12.6. The number of aromatic nitrogens is 1. The summed E-state index contributed by atoms with van der Waals surface area (Å²) in [5.41, 5.74) is 3.09. The molecule has 0 N–H and O–H groups in total. The molecule has 11 heteroatoms. The maximum Gasteiger partial charge on any atom is 0.339 e. The first kappa shape index (κ1) is 30.8. The van der Waals surface area contributed by atoms with Crippen LogP contribution in [0.4, 0.5) is 5.69 Å². The highest BCUT2D eigenvalue weighted by atomic mass is 79.9. The van der Waals surface area contributed by atoms with E-state index in [0.717, 1.165) is 6.42 Å². The van der Waals surface area contributed by atoms with Gasteiger partial charge in [0.1, 0.15) is 0 Å². The van der Waals surface area contributed by atoms with E-state index in [1.807, 2.05) is 0 Å². The average Bonchev–Trinajstić information content (AvgIpc) is 3.84. The Morgan fingerprint density at radius 3 is 2.21 bits per heavy atom. The number of fused-ring (bicyclic) bond motifs is 1. The lowest BCUT2D eigenvalue weighted by molar-refractivity contribution is -0.124. The van der Waals surface area contributed by atoms with Gasteiger partial charge in [0.2, 0.25) is 17.6 Å². The van der Waals surface area contributed by atoms with Crippen molar-refractivity contribution in [2.24, 2.45) is 35.5 Å². The lowest BCUT2D eigenvalue weighted by Gasteiger charge is -2.37. The molecule has 3 aromatic carbocycles. The highest BCUT2D eigenvalue weighted by molar-refractivity contribution is 9.10. The van der Waals surface area contributed by atoms with Gasteiger partial charge in [0.15, 0.2) is 6.61 Å². The van der Waals surface area contributed by atoms with Gasteiger partial charge in [-0.1, -0.05) is 59.1 Å². The number of ether oxygens (including phenoxy) is 1. The van der Waals surface area contributed by atoms with Crippen LogP contribution >= 0.6 is 50.7 Å². The normalized spacial score (nSPS) is 25.3. The first-order valence-corrected chi connectivity index (χ1v) is 17.1. The Labute approximate surface area is 293 Å². The number of ketones is 1. The monoisotopic (exact) mass is 748 g/mol. The molecule has 0 radical (unpaired) electrons. The van der Waals surface area contributed by atoms with Crippen LogP contribution in [0.25, 0.3) is 22.2 Å². The van der Waals surface area contributed by atoms with Gasteiger partial charge in [-0.15, -0.1) is 0 Å². The number of carbonyl (C=O) groups is 4. The number of anilines is 1. The molecule has 1 aromatic heterocycles. The third-order valence-corrected chi connectivity index (χ3v) is 12.0. The van der Waals surface area contributed by atoms with E-state index in [-0.39, 0.29) is 51.6 Å². The van der Waals surface area contributed by atoms with Crippen molar-refractivity contribution >= 4 is 90.9 Å². The zero-order valence-corrected chi connectivity index (χ0v) is 28.5. The Morgan fingerprint density at radius 2 is 1.57 bits per heavy atom. The molecular weight excluding hydrogens is 727 g/mol. The fraction of sp³-hybridized carbons (Fsp3) is 0.250. The van der Waals surface area contributed by atoms with Crippen LogP contribution in [0.1, 0.15) is 32.7 Å². The Balaban J connectivity index is 1.11. The van der Waals surface area contributed by atoms with Gasteiger partial charge in [-0.05, 0) is 101 Å². The number of nitrogens with zero attached hydrogens (tertiary/aromatic N) is 2. The Morgan fingerprint density at radius 1 is 0.915 bits per heavy atom. The van der Waals surface area contributed by atoms with Crippen LogP contribution in [0.3, 0.4) is 0 Å². The summed E-state index contributed by atoms with van der Waals surface area (Å²) in [5, 5.41) is 1.46. The number of aryl methyl sites for hydroxylation is 1. The van der Waals surface area contributed by atoms with Crippen LogP contribution in [0.5, 0.6) is 0 Å². The molecular formula is C36H24BrCl3N2O5. The highest BCUT2D eigenvalue weighted by Gasteiger charge is 2.67. The number of hydrogen-bond donors (Lipinski definition) is 0. The molecule has 4 aromatic rings. The summed E-state index contributed by atoms with van der Waals surface area (Å²) < 4.78 is 6.06. The molecule has 1 aliphatic heterocycles. The lowest BCUT2D eigenvalue weighted by Crippen LogP contribution is -2.40. The molecule has 47 heavy (non-hydrogen) atoms. The molecule has 1 saturated heterocycles. The molecule has 6 atom stereocenters. The molecule has 7 nitrogen and oxygen atoms in total. The molecule has 2 heterocycles. The van der Waals surface area contributed by atoms with E-state index in [9.17, 15) is 19.2 Å². The summed E-state index contributed by atoms with van der Waals surface area (Å²) in [6.07, 6.45) is 5.41. The number of benzene rings is 3. The molecule has 6 unspecified atom stereocenters. The number of halogens is 4. The van der Waals surface area contributed by atoms with E-state index in [1.54, 1.807) is 43.3 Å². The van der Waals surface area contributed by atoms with Crippen molar-refractivity contribution in [2.75, 3.05) is 11.5 Å². The molecule has 2 bridgehead atoms. The van der Waals surface area contributed by atoms with Crippen molar-refractivity contribution in [2.45, 2.75) is 13.3 Å². The number of rotatable bonds is 6. The van der Waals surface area contributed by atoms with E-state index in [0.29, 0.717) is 59.8 Å². The van der Waals surface area contributed by atoms with Crippen LogP contribution in [-0.2, 0) is 14.3 Å². The van der Waals surface area contributed by atoms with E-state index in [2.05, 4.69) is 28.1 Å². The minimum absolute atomic E-state index is 0.128. The number of pyridine rings is 1. The van der Waals surface area contributed by atoms with Crippen molar-refractivity contribution in [3.05, 3.63) is 103 Å². The van der Waals surface area contributed by atoms with Gasteiger partial charge >= 0.3 is 5.97 Å². The van der Waals surface area contributed by atoms with E-state index >= 15 is 0 Å². The quantitative estimate of drug-likeness (QED) is 0.0850. The average molecular weight is 751 g/mol. The fourth-order valence-corrected chi connectivity index (χ4v) is 8.96. The predicted molar refractivity (Wildman–Crippen MR) is 183 cm³/mol. The molecule has 9 rings (SSSR count). The maximum absolute atomic E-state index is 13.6. The molecule has 2 amide bonds. The van der Waals surface area contributed by atoms with Crippen LogP contribution in [0.2, 0.25) is 15.1 Å². The van der Waals surface area contributed by atoms with Gasteiger partial charge in [-0.2, -0.15) is 0 Å². The van der Waals surface area contributed by atoms with E-state index < -0.39 is 18.4 Å². The highest BCUT2D eigenvalue weighted by Crippen LogP contribution is 2.65. The topological polar surface area (TPSA) is 93.6 Å². The van der Waals surface area contributed by atoms with Gasteiger partial charge in [0, 0.05) is 26.0 Å². The smallest absolute Gasteiger partial charge is 0.339 e. The number of imide groups is 1. The molecule has 2 saturated carbocycles. The van der Waals surface area contributed by atoms with Gasteiger partial charge in [-0.3, -0.25) is 19.3 Å². The fourth-order valence-electron chi connectivity index (χ4n) is 7.77. The molecule has 0 spiro atoms. The van der Waals surface area contributed by atoms with Crippen LogP contribution in [0, 0.1) is 42.4 Å². The Bertz CT molecular complexity index is 2080. The zero-order valence-electron chi connectivity index (χ0n) is 24.7. The van der Waals surface area contributed by atoms with E-state index in [4.69, 9.17) is 44.5 Å². The van der Waals surface area contributed by atoms with Crippen LogP contribution in [-0.4, -0.2) is 35.2 Å².